The van der Waals surface area contributed by atoms with Crippen LogP contribution in [0.2, 0.25) is 0 Å². The third-order valence-corrected chi connectivity index (χ3v) is 3.27. The number of carbonyl (C=O) groups is 1. The Morgan fingerprint density at radius 1 is 1.50 bits per heavy atom. The Kier molecular flexibility index (Phi) is 4.96. The lowest BCUT2D eigenvalue weighted by molar-refractivity contribution is -0.131. The molecule has 0 unspecified atom stereocenters. The maximum Gasteiger partial charge on any atom is 0.239 e. The Labute approximate surface area is 105 Å². The summed E-state index contributed by atoms with van der Waals surface area (Å²) in [4.78, 5) is 13.4. The minimum Gasteiger partial charge on any atom is -0.340 e. The van der Waals surface area contributed by atoms with Crippen molar-refractivity contribution in [2.45, 2.75) is 25.9 Å². The molecule has 16 heavy (non-hydrogen) atoms. The maximum atomic E-state index is 11.8. The van der Waals surface area contributed by atoms with E-state index in [1.54, 1.807) is 11.9 Å². The highest BCUT2D eigenvalue weighted by molar-refractivity contribution is 9.10. The largest absolute Gasteiger partial charge is 0.340 e. The van der Waals surface area contributed by atoms with Crippen molar-refractivity contribution >= 4 is 21.8 Å². The number of rotatable bonds is 4. The van der Waals surface area contributed by atoms with Crippen molar-refractivity contribution in [2.24, 2.45) is 5.73 Å². The van der Waals surface area contributed by atoms with Crippen LogP contribution in [-0.2, 0) is 11.3 Å². The Morgan fingerprint density at radius 3 is 2.69 bits per heavy atom. The summed E-state index contributed by atoms with van der Waals surface area (Å²) in [7, 11) is 1.78. The van der Waals surface area contributed by atoms with E-state index in [9.17, 15) is 4.79 Å². The predicted molar refractivity (Wildman–Crippen MR) is 68.9 cm³/mol. The highest BCUT2D eigenvalue weighted by Crippen LogP contribution is 2.17. The molecule has 0 aliphatic carbocycles. The van der Waals surface area contributed by atoms with Crippen LogP contribution >= 0.6 is 15.9 Å². The maximum absolute atomic E-state index is 11.8. The van der Waals surface area contributed by atoms with Gasteiger partial charge in [0.1, 0.15) is 0 Å². The molecular weight excluding hydrogens is 268 g/mol. The zero-order chi connectivity index (χ0) is 12.1. The monoisotopic (exact) mass is 284 g/mol. The minimum absolute atomic E-state index is 0.0155. The van der Waals surface area contributed by atoms with Gasteiger partial charge >= 0.3 is 0 Å². The number of carbonyl (C=O) groups excluding carboxylic acids is 1. The lowest BCUT2D eigenvalue weighted by Crippen LogP contribution is -2.40. The Hall–Kier alpha value is -0.870. The molecule has 1 rings (SSSR count). The molecule has 0 heterocycles. The molecular formula is C12H17BrN2O. The molecule has 88 valence electrons. The van der Waals surface area contributed by atoms with E-state index in [1.807, 2.05) is 31.2 Å². The van der Waals surface area contributed by atoms with Gasteiger partial charge in [-0.2, -0.15) is 0 Å². The molecule has 0 saturated carbocycles. The highest BCUT2D eigenvalue weighted by Gasteiger charge is 2.16. The van der Waals surface area contributed by atoms with Crippen LogP contribution in [0, 0.1) is 0 Å². The number of hydrogen-bond donors (Lipinski definition) is 1. The van der Waals surface area contributed by atoms with Gasteiger partial charge in [-0.05, 0) is 18.1 Å². The van der Waals surface area contributed by atoms with Gasteiger partial charge in [0.25, 0.3) is 0 Å². The molecule has 4 heteroatoms. The SMILES string of the molecule is CC[C@H](N)C(=O)N(C)Cc1ccccc1Br. The zero-order valence-corrected chi connectivity index (χ0v) is 11.2. The Bertz CT molecular complexity index is 368. The summed E-state index contributed by atoms with van der Waals surface area (Å²) < 4.78 is 1.01. The summed E-state index contributed by atoms with van der Waals surface area (Å²) in [5.74, 6) is -0.0155. The Balaban J connectivity index is 2.68. The molecule has 0 spiro atoms. The van der Waals surface area contributed by atoms with Crippen molar-refractivity contribution in [3.63, 3.8) is 0 Å². The smallest absolute Gasteiger partial charge is 0.239 e. The van der Waals surface area contributed by atoms with Crippen molar-refractivity contribution in [3.05, 3.63) is 34.3 Å². The van der Waals surface area contributed by atoms with Crippen LogP contribution < -0.4 is 5.73 Å². The van der Waals surface area contributed by atoms with E-state index in [0.29, 0.717) is 13.0 Å². The van der Waals surface area contributed by atoms with Crippen LogP contribution in [0.15, 0.2) is 28.7 Å². The van der Waals surface area contributed by atoms with Gasteiger partial charge in [-0.1, -0.05) is 41.1 Å². The molecule has 0 fully saturated rings. The predicted octanol–water partition coefficient (Wildman–Crippen LogP) is 2.14. The average Bonchev–Trinajstić information content (AvgIpc) is 2.30. The number of nitrogens with zero attached hydrogens (tertiary/aromatic N) is 1. The van der Waals surface area contributed by atoms with Gasteiger partial charge in [-0.15, -0.1) is 0 Å². The summed E-state index contributed by atoms with van der Waals surface area (Å²) >= 11 is 3.46. The molecule has 2 N–H and O–H groups in total. The lowest BCUT2D eigenvalue weighted by atomic mass is 10.2. The van der Waals surface area contributed by atoms with Crippen molar-refractivity contribution < 1.29 is 4.79 Å². The second kappa shape index (κ2) is 6.01. The zero-order valence-electron chi connectivity index (χ0n) is 9.61. The molecule has 1 atom stereocenters. The van der Waals surface area contributed by atoms with Crippen LogP contribution in [0.3, 0.4) is 0 Å². The van der Waals surface area contributed by atoms with Crippen LogP contribution in [0.5, 0.6) is 0 Å². The quantitative estimate of drug-likeness (QED) is 0.921. The molecule has 0 bridgehead atoms. The third kappa shape index (κ3) is 3.32. The summed E-state index contributed by atoms with van der Waals surface area (Å²) in [6.45, 7) is 2.49. The van der Waals surface area contributed by atoms with E-state index in [0.717, 1.165) is 10.0 Å². The van der Waals surface area contributed by atoms with Gasteiger partial charge in [-0.25, -0.2) is 0 Å². The van der Waals surface area contributed by atoms with Crippen LogP contribution in [0.25, 0.3) is 0 Å². The van der Waals surface area contributed by atoms with Crippen molar-refractivity contribution in [1.29, 1.82) is 0 Å². The number of likely N-dealkylation sites (N-methyl/N-ethyl adjacent to an activating group) is 1. The highest BCUT2D eigenvalue weighted by atomic mass is 79.9. The van der Waals surface area contributed by atoms with E-state index in [4.69, 9.17) is 5.73 Å². The van der Waals surface area contributed by atoms with Gasteiger partial charge in [-0.3, -0.25) is 4.79 Å². The van der Waals surface area contributed by atoms with E-state index in [-0.39, 0.29) is 5.91 Å². The molecule has 0 aromatic heterocycles. The average molecular weight is 285 g/mol. The first kappa shape index (κ1) is 13.2. The van der Waals surface area contributed by atoms with Crippen molar-refractivity contribution in [3.8, 4) is 0 Å². The van der Waals surface area contributed by atoms with Crippen molar-refractivity contribution in [2.75, 3.05) is 7.05 Å². The topological polar surface area (TPSA) is 46.3 Å². The summed E-state index contributed by atoms with van der Waals surface area (Å²) in [5, 5.41) is 0. The number of hydrogen-bond acceptors (Lipinski definition) is 2. The molecule has 1 amide bonds. The van der Waals surface area contributed by atoms with Crippen LogP contribution in [0.4, 0.5) is 0 Å². The van der Waals surface area contributed by atoms with Gasteiger partial charge in [0.2, 0.25) is 5.91 Å². The molecule has 1 aromatic rings. The van der Waals surface area contributed by atoms with Crippen LogP contribution in [-0.4, -0.2) is 23.9 Å². The summed E-state index contributed by atoms with van der Waals surface area (Å²) in [6.07, 6.45) is 0.666. The summed E-state index contributed by atoms with van der Waals surface area (Å²) in [5.41, 5.74) is 6.79. The van der Waals surface area contributed by atoms with E-state index < -0.39 is 6.04 Å². The molecule has 0 radical (unpaired) electrons. The first-order chi connectivity index (χ1) is 7.56. The first-order valence-corrected chi connectivity index (χ1v) is 6.09. The number of halogens is 1. The standard InChI is InChI=1S/C12H17BrN2O/c1-3-11(14)12(16)15(2)8-9-6-4-5-7-10(9)13/h4-7,11H,3,8,14H2,1-2H3/t11-/m0/s1. The van der Waals surface area contributed by atoms with E-state index in [2.05, 4.69) is 15.9 Å². The van der Waals surface area contributed by atoms with Crippen molar-refractivity contribution in [1.82, 2.24) is 4.90 Å². The second-order valence-corrected chi connectivity index (χ2v) is 4.65. The van der Waals surface area contributed by atoms with E-state index >= 15 is 0 Å². The lowest BCUT2D eigenvalue weighted by Gasteiger charge is -2.21. The van der Waals surface area contributed by atoms with Crippen LogP contribution in [0.1, 0.15) is 18.9 Å². The molecule has 0 saturated heterocycles. The molecule has 0 aliphatic rings. The van der Waals surface area contributed by atoms with Gasteiger partial charge in [0.15, 0.2) is 0 Å². The fourth-order valence-electron chi connectivity index (χ4n) is 1.42. The normalized spacial score (nSPS) is 12.2. The van der Waals surface area contributed by atoms with Gasteiger partial charge < -0.3 is 10.6 Å². The van der Waals surface area contributed by atoms with Gasteiger partial charge in [0, 0.05) is 18.1 Å². The third-order valence-electron chi connectivity index (χ3n) is 2.50. The Morgan fingerprint density at radius 2 is 2.12 bits per heavy atom. The van der Waals surface area contributed by atoms with E-state index in [1.165, 1.54) is 0 Å². The molecule has 3 nitrogen and oxygen atoms in total. The fourth-order valence-corrected chi connectivity index (χ4v) is 1.83. The second-order valence-electron chi connectivity index (χ2n) is 3.80. The number of amides is 1. The molecule has 0 aliphatic heterocycles. The first-order valence-electron chi connectivity index (χ1n) is 5.30. The van der Waals surface area contributed by atoms with Gasteiger partial charge in [0.05, 0.1) is 6.04 Å². The summed E-state index contributed by atoms with van der Waals surface area (Å²) in [6, 6.07) is 7.47. The molecule has 1 aromatic carbocycles. The number of nitrogens with two attached hydrogens (primary N) is 1. The fraction of sp³-hybridized carbons (Fsp3) is 0.417. The number of benzene rings is 1. The minimum atomic E-state index is -0.396.